The van der Waals surface area contributed by atoms with Crippen molar-refractivity contribution in [2.75, 3.05) is 0 Å². The number of nitrogens with one attached hydrogen (secondary N) is 2. The molecule has 3 N–H and O–H groups in total. The molecule has 0 bridgehead atoms. The quantitative estimate of drug-likeness (QED) is 0.683. The van der Waals surface area contributed by atoms with Gasteiger partial charge in [-0.1, -0.05) is 23.4 Å². The van der Waals surface area contributed by atoms with Crippen molar-refractivity contribution in [1.29, 1.82) is 0 Å². The molecule has 108 valence electrons. The van der Waals surface area contributed by atoms with Gasteiger partial charge < -0.3 is 19.9 Å². The van der Waals surface area contributed by atoms with Crippen molar-refractivity contribution in [2.24, 2.45) is 0 Å². The maximum atomic E-state index is 11.0. The summed E-state index contributed by atoms with van der Waals surface area (Å²) in [4.78, 5) is 18.2. The number of hydrogen-bond donors (Lipinski definition) is 3. The minimum atomic E-state index is -1.13. The van der Waals surface area contributed by atoms with Crippen molar-refractivity contribution < 1.29 is 14.4 Å². The highest BCUT2D eigenvalue weighted by atomic mass is 16.5. The van der Waals surface area contributed by atoms with Crippen LogP contribution in [0.5, 0.6) is 0 Å². The fourth-order valence-electron chi connectivity index (χ4n) is 2.32. The number of hydrogen-bond acceptors (Lipinski definition) is 4. The van der Waals surface area contributed by atoms with Crippen molar-refractivity contribution in [2.45, 2.75) is 19.4 Å². The molecule has 0 fully saturated rings. The fraction of sp³-hybridized carbons (Fsp3) is 0.214. The lowest BCUT2D eigenvalue weighted by molar-refractivity contribution is 0.186. The second-order valence-electron chi connectivity index (χ2n) is 4.75. The third-order valence-electron chi connectivity index (χ3n) is 3.24. The Morgan fingerprint density at radius 1 is 1.48 bits per heavy atom. The Morgan fingerprint density at radius 3 is 3.00 bits per heavy atom. The number of aromatic amines is 1. The molecular formula is C14H14N4O3. The van der Waals surface area contributed by atoms with Crippen LogP contribution in [0.25, 0.3) is 10.9 Å². The molecule has 0 aliphatic carbocycles. The Labute approximate surface area is 120 Å². The van der Waals surface area contributed by atoms with Gasteiger partial charge in [0.15, 0.2) is 5.82 Å². The SMILES string of the molecule is Cc1noc(C(Cc2c[nH]c3ccccc23)NC(=O)O)n1. The predicted molar refractivity (Wildman–Crippen MR) is 74.9 cm³/mol. The van der Waals surface area contributed by atoms with E-state index in [1.807, 2.05) is 30.5 Å². The normalized spacial score (nSPS) is 12.4. The van der Waals surface area contributed by atoms with Gasteiger partial charge in [-0.2, -0.15) is 4.98 Å². The minimum Gasteiger partial charge on any atom is -0.465 e. The van der Waals surface area contributed by atoms with E-state index < -0.39 is 12.1 Å². The molecule has 0 radical (unpaired) electrons. The number of rotatable bonds is 4. The smallest absolute Gasteiger partial charge is 0.405 e. The summed E-state index contributed by atoms with van der Waals surface area (Å²) < 4.78 is 5.09. The Kier molecular flexibility index (Phi) is 3.31. The van der Waals surface area contributed by atoms with Crippen molar-refractivity contribution in [3.63, 3.8) is 0 Å². The van der Waals surface area contributed by atoms with Gasteiger partial charge in [0.25, 0.3) is 0 Å². The zero-order chi connectivity index (χ0) is 14.8. The van der Waals surface area contributed by atoms with Crippen molar-refractivity contribution in [3.05, 3.63) is 47.7 Å². The van der Waals surface area contributed by atoms with Gasteiger partial charge in [-0.25, -0.2) is 4.79 Å². The number of para-hydroxylation sites is 1. The molecule has 0 aliphatic rings. The molecule has 0 spiro atoms. The number of aryl methyl sites for hydroxylation is 1. The molecule has 1 atom stereocenters. The Balaban J connectivity index is 1.92. The summed E-state index contributed by atoms with van der Waals surface area (Å²) in [7, 11) is 0. The lowest BCUT2D eigenvalue weighted by atomic mass is 10.1. The Hall–Kier alpha value is -2.83. The van der Waals surface area contributed by atoms with Crippen LogP contribution in [0, 0.1) is 6.92 Å². The van der Waals surface area contributed by atoms with Crippen LogP contribution in [-0.2, 0) is 6.42 Å². The van der Waals surface area contributed by atoms with Gasteiger partial charge in [0.2, 0.25) is 5.89 Å². The van der Waals surface area contributed by atoms with Gasteiger partial charge in [0.05, 0.1) is 0 Å². The van der Waals surface area contributed by atoms with Crippen LogP contribution in [0.1, 0.15) is 23.3 Å². The van der Waals surface area contributed by atoms with Crippen LogP contribution in [-0.4, -0.2) is 26.3 Å². The lowest BCUT2D eigenvalue weighted by Gasteiger charge is -2.12. The van der Waals surface area contributed by atoms with Gasteiger partial charge in [-0.3, -0.25) is 0 Å². The maximum Gasteiger partial charge on any atom is 0.405 e. The zero-order valence-electron chi connectivity index (χ0n) is 11.3. The van der Waals surface area contributed by atoms with E-state index in [1.54, 1.807) is 6.92 Å². The first-order chi connectivity index (χ1) is 10.1. The van der Waals surface area contributed by atoms with Crippen LogP contribution >= 0.6 is 0 Å². The highest BCUT2D eigenvalue weighted by molar-refractivity contribution is 5.83. The number of carbonyl (C=O) groups is 1. The van der Waals surface area contributed by atoms with Crippen LogP contribution in [0.2, 0.25) is 0 Å². The first-order valence-electron chi connectivity index (χ1n) is 6.48. The Bertz CT molecular complexity index is 777. The Morgan fingerprint density at radius 2 is 2.29 bits per heavy atom. The molecule has 2 aromatic heterocycles. The predicted octanol–water partition coefficient (Wildman–Crippen LogP) is 2.41. The summed E-state index contributed by atoms with van der Waals surface area (Å²) in [6.07, 6.45) is 1.17. The molecule has 3 rings (SSSR count). The maximum absolute atomic E-state index is 11.0. The molecule has 1 amide bonds. The summed E-state index contributed by atoms with van der Waals surface area (Å²) in [5, 5.41) is 16.2. The fourth-order valence-corrected chi connectivity index (χ4v) is 2.32. The largest absolute Gasteiger partial charge is 0.465 e. The number of fused-ring (bicyclic) bond motifs is 1. The molecule has 0 saturated carbocycles. The van der Waals surface area contributed by atoms with E-state index >= 15 is 0 Å². The van der Waals surface area contributed by atoms with Gasteiger partial charge in [-0.15, -0.1) is 0 Å². The number of benzene rings is 1. The molecule has 1 unspecified atom stereocenters. The second-order valence-corrected chi connectivity index (χ2v) is 4.75. The average molecular weight is 286 g/mol. The van der Waals surface area contributed by atoms with E-state index in [1.165, 1.54) is 0 Å². The van der Waals surface area contributed by atoms with Gasteiger partial charge in [-0.05, 0) is 18.6 Å². The summed E-state index contributed by atoms with van der Waals surface area (Å²) in [5.41, 5.74) is 1.99. The molecule has 0 aliphatic heterocycles. The van der Waals surface area contributed by atoms with Gasteiger partial charge >= 0.3 is 6.09 Å². The van der Waals surface area contributed by atoms with Crippen LogP contribution < -0.4 is 5.32 Å². The standard InChI is InChI=1S/C14H14N4O3/c1-8-16-13(21-18-8)12(17-14(19)20)6-9-7-15-11-5-3-2-4-10(9)11/h2-5,7,12,15,17H,6H2,1H3,(H,19,20). The van der Waals surface area contributed by atoms with Crippen LogP contribution in [0.4, 0.5) is 4.79 Å². The molecule has 3 aromatic rings. The van der Waals surface area contributed by atoms with Crippen molar-refractivity contribution in [3.8, 4) is 0 Å². The summed E-state index contributed by atoms with van der Waals surface area (Å²) in [6, 6.07) is 7.25. The molecule has 7 heteroatoms. The molecular weight excluding hydrogens is 272 g/mol. The second kappa shape index (κ2) is 5.28. The highest BCUT2D eigenvalue weighted by Crippen LogP contribution is 2.23. The molecule has 7 nitrogen and oxygen atoms in total. The number of nitrogens with zero attached hydrogens (tertiary/aromatic N) is 2. The van der Waals surface area contributed by atoms with Gasteiger partial charge in [0, 0.05) is 23.5 Å². The third-order valence-corrected chi connectivity index (χ3v) is 3.24. The monoisotopic (exact) mass is 286 g/mol. The molecule has 0 saturated heterocycles. The minimum absolute atomic E-state index is 0.264. The number of aromatic nitrogens is 3. The van der Waals surface area contributed by atoms with Crippen molar-refractivity contribution >= 4 is 17.0 Å². The number of amides is 1. The summed E-state index contributed by atoms with van der Waals surface area (Å²) in [5.74, 6) is 0.737. The van der Waals surface area contributed by atoms with Gasteiger partial charge in [0.1, 0.15) is 6.04 Å². The van der Waals surface area contributed by atoms with E-state index in [0.717, 1.165) is 16.5 Å². The molecule has 21 heavy (non-hydrogen) atoms. The number of H-pyrrole nitrogens is 1. The number of carboxylic acid groups (broad SMARTS) is 1. The molecule has 1 aromatic carbocycles. The van der Waals surface area contributed by atoms with E-state index in [2.05, 4.69) is 20.4 Å². The van der Waals surface area contributed by atoms with Crippen molar-refractivity contribution in [1.82, 2.24) is 20.4 Å². The zero-order valence-corrected chi connectivity index (χ0v) is 11.3. The summed E-state index contributed by atoms with van der Waals surface area (Å²) >= 11 is 0. The average Bonchev–Trinajstić information content (AvgIpc) is 3.05. The van der Waals surface area contributed by atoms with Crippen LogP contribution in [0.3, 0.4) is 0 Å². The first kappa shape index (κ1) is 13.2. The van der Waals surface area contributed by atoms with E-state index in [0.29, 0.717) is 12.2 Å². The third kappa shape index (κ3) is 2.71. The van der Waals surface area contributed by atoms with E-state index in [9.17, 15) is 4.79 Å². The highest BCUT2D eigenvalue weighted by Gasteiger charge is 2.22. The molecule has 2 heterocycles. The van der Waals surface area contributed by atoms with E-state index in [4.69, 9.17) is 9.63 Å². The summed E-state index contributed by atoms with van der Waals surface area (Å²) in [6.45, 7) is 1.69. The lowest BCUT2D eigenvalue weighted by Crippen LogP contribution is -2.28. The topological polar surface area (TPSA) is 104 Å². The first-order valence-corrected chi connectivity index (χ1v) is 6.48. The van der Waals surface area contributed by atoms with E-state index in [-0.39, 0.29) is 5.89 Å². The van der Waals surface area contributed by atoms with Crippen LogP contribution in [0.15, 0.2) is 35.0 Å².